The summed E-state index contributed by atoms with van der Waals surface area (Å²) in [7, 11) is 1.59. The number of ether oxygens (including phenoxy) is 1. The molecule has 9 heteroatoms. The highest BCUT2D eigenvalue weighted by molar-refractivity contribution is 6.04. The molecular weight excluding hydrogens is 564 g/mol. The third-order valence-electron chi connectivity index (χ3n) is 8.38. The van der Waals surface area contributed by atoms with Crippen LogP contribution in [0.3, 0.4) is 0 Å². The number of methoxy groups -OCH3 is 1. The van der Waals surface area contributed by atoms with E-state index in [0.29, 0.717) is 29.2 Å². The summed E-state index contributed by atoms with van der Waals surface area (Å²) in [6.07, 6.45) is 10.9. The van der Waals surface area contributed by atoms with Crippen molar-refractivity contribution in [2.45, 2.75) is 58.3 Å². The SMILES string of the molecule is CCCCCCCCCC(=O)N1CCN(c2cccc(-c3ccc(NC(=O)c4cccc(-c5ccn[nH]5)n4)c(OC)c3)c2)CC1. The lowest BCUT2D eigenvalue weighted by atomic mass is 10.0. The normalized spacial score (nSPS) is 13.1. The van der Waals surface area contributed by atoms with Gasteiger partial charge in [-0.05, 0) is 60.0 Å². The monoisotopic (exact) mass is 608 g/mol. The first-order valence-corrected chi connectivity index (χ1v) is 16.1. The predicted octanol–water partition coefficient (Wildman–Crippen LogP) is 7.19. The Bertz CT molecular complexity index is 1550. The molecule has 2 aromatic heterocycles. The molecule has 0 saturated carbocycles. The first kappa shape index (κ1) is 31.8. The summed E-state index contributed by atoms with van der Waals surface area (Å²) in [6, 6.07) is 21.3. The topological polar surface area (TPSA) is 103 Å². The van der Waals surface area contributed by atoms with Crippen LogP contribution in [0.2, 0.25) is 0 Å². The summed E-state index contributed by atoms with van der Waals surface area (Å²) in [5.41, 5.74) is 5.40. The second kappa shape index (κ2) is 15.9. The zero-order chi connectivity index (χ0) is 31.4. The number of H-pyrrole nitrogens is 1. The van der Waals surface area contributed by atoms with E-state index in [9.17, 15) is 9.59 Å². The fraction of sp³-hybridized carbons (Fsp3) is 0.389. The summed E-state index contributed by atoms with van der Waals surface area (Å²) in [5, 5.41) is 9.77. The van der Waals surface area contributed by atoms with E-state index in [1.165, 1.54) is 32.1 Å². The molecule has 2 N–H and O–H groups in total. The average molecular weight is 609 g/mol. The maximum absolute atomic E-state index is 13.1. The minimum Gasteiger partial charge on any atom is -0.495 e. The summed E-state index contributed by atoms with van der Waals surface area (Å²) in [6.45, 7) is 5.37. The number of piperazine rings is 1. The van der Waals surface area contributed by atoms with Crippen LogP contribution in [0.4, 0.5) is 11.4 Å². The molecular formula is C36H44N6O3. The van der Waals surface area contributed by atoms with Crippen molar-refractivity contribution in [3.63, 3.8) is 0 Å². The fourth-order valence-electron chi connectivity index (χ4n) is 5.76. The highest BCUT2D eigenvalue weighted by Gasteiger charge is 2.21. The number of aromatic amines is 1. The molecule has 0 bridgehead atoms. The zero-order valence-corrected chi connectivity index (χ0v) is 26.4. The molecule has 1 fully saturated rings. The summed E-state index contributed by atoms with van der Waals surface area (Å²) < 4.78 is 5.67. The number of hydrogen-bond acceptors (Lipinski definition) is 6. The molecule has 0 spiro atoms. The summed E-state index contributed by atoms with van der Waals surface area (Å²) in [5.74, 6) is 0.519. The second-order valence-electron chi connectivity index (χ2n) is 11.5. The first-order chi connectivity index (χ1) is 22.1. The number of rotatable bonds is 14. The van der Waals surface area contributed by atoms with Gasteiger partial charge in [-0.2, -0.15) is 5.10 Å². The van der Waals surface area contributed by atoms with Gasteiger partial charge in [-0.25, -0.2) is 4.98 Å². The van der Waals surface area contributed by atoms with Gasteiger partial charge in [0.25, 0.3) is 5.91 Å². The van der Waals surface area contributed by atoms with Gasteiger partial charge in [0.05, 0.1) is 24.2 Å². The number of aromatic nitrogens is 3. The number of nitrogens with one attached hydrogen (secondary N) is 2. The van der Waals surface area contributed by atoms with Crippen LogP contribution >= 0.6 is 0 Å². The quantitative estimate of drug-likeness (QED) is 0.147. The van der Waals surface area contributed by atoms with E-state index in [4.69, 9.17) is 4.74 Å². The number of amides is 2. The molecule has 0 radical (unpaired) electrons. The van der Waals surface area contributed by atoms with Gasteiger partial charge in [-0.1, -0.05) is 69.7 Å². The van der Waals surface area contributed by atoms with Gasteiger partial charge in [0.15, 0.2) is 0 Å². The van der Waals surface area contributed by atoms with Crippen LogP contribution in [-0.4, -0.2) is 65.2 Å². The van der Waals surface area contributed by atoms with Crippen LogP contribution in [-0.2, 0) is 4.79 Å². The van der Waals surface area contributed by atoms with Crippen molar-refractivity contribution in [2.75, 3.05) is 43.5 Å². The van der Waals surface area contributed by atoms with E-state index >= 15 is 0 Å². The molecule has 45 heavy (non-hydrogen) atoms. The van der Waals surface area contributed by atoms with Gasteiger partial charge in [-0.15, -0.1) is 0 Å². The van der Waals surface area contributed by atoms with Crippen molar-refractivity contribution in [3.05, 3.63) is 78.6 Å². The minimum atomic E-state index is -0.329. The molecule has 2 aromatic carbocycles. The smallest absolute Gasteiger partial charge is 0.274 e. The van der Waals surface area contributed by atoms with Gasteiger partial charge in [0.2, 0.25) is 5.91 Å². The molecule has 0 unspecified atom stereocenters. The molecule has 1 saturated heterocycles. The standard InChI is InChI=1S/C36H44N6O3/c1-3-4-5-6-7-8-9-16-35(43)42-23-21-41(22-24-42)29-13-10-12-27(25-29)28-17-18-32(34(26-28)45-2)39-36(44)33-15-11-14-30(38-33)31-19-20-37-40-31/h10-15,17-20,25-26H,3-9,16,21-24H2,1-2H3,(H,37,40)(H,39,44). The minimum absolute atomic E-state index is 0.289. The lowest BCUT2D eigenvalue weighted by molar-refractivity contribution is -0.131. The zero-order valence-electron chi connectivity index (χ0n) is 26.4. The average Bonchev–Trinajstić information content (AvgIpc) is 3.64. The van der Waals surface area contributed by atoms with Crippen molar-refractivity contribution in [1.82, 2.24) is 20.1 Å². The molecule has 1 aliphatic heterocycles. The van der Waals surface area contributed by atoms with E-state index in [1.807, 2.05) is 29.2 Å². The van der Waals surface area contributed by atoms with Gasteiger partial charge in [-0.3, -0.25) is 14.7 Å². The number of nitrogens with zero attached hydrogens (tertiary/aromatic N) is 4. The summed E-state index contributed by atoms with van der Waals surface area (Å²) >= 11 is 0. The summed E-state index contributed by atoms with van der Waals surface area (Å²) in [4.78, 5) is 34.7. The van der Waals surface area contributed by atoms with E-state index in [0.717, 1.165) is 61.5 Å². The number of hydrogen-bond donors (Lipinski definition) is 2. The predicted molar refractivity (Wildman–Crippen MR) is 180 cm³/mol. The Morgan fingerprint density at radius 3 is 2.38 bits per heavy atom. The number of unbranched alkanes of at least 4 members (excludes halogenated alkanes) is 6. The van der Waals surface area contributed by atoms with Gasteiger partial charge >= 0.3 is 0 Å². The largest absolute Gasteiger partial charge is 0.495 e. The Morgan fingerprint density at radius 1 is 0.867 bits per heavy atom. The number of carbonyl (C=O) groups excluding carboxylic acids is 2. The highest BCUT2D eigenvalue weighted by Crippen LogP contribution is 2.33. The number of carbonyl (C=O) groups is 2. The van der Waals surface area contributed by atoms with E-state index < -0.39 is 0 Å². The van der Waals surface area contributed by atoms with Crippen molar-refractivity contribution < 1.29 is 14.3 Å². The number of anilines is 2. The van der Waals surface area contributed by atoms with Crippen LogP contribution < -0.4 is 15.0 Å². The van der Waals surface area contributed by atoms with Crippen LogP contribution in [0.25, 0.3) is 22.5 Å². The Hall–Kier alpha value is -4.66. The maximum Gasteiger partial charge on any atom is 0.274 e. The first-order valence-electron chi connectivity index (χ1n) is 16.1. The lowest BCUT2D eigenvalue weighted by Gasteiger charge is -2.36. The van der Waals surface area contributed by atoms with Crippen LogP contribution in [0.15, 0.2) is 72.9 Å². The van der Waals surface area contributed by atoms with E-state index in [1.54, 1.807) is 31.5 Å². The van der Waals surface area contributed by atoms with Crippen molar-refractivity contribution >= 4 is 23.2 Å². The molecule has 2 amide bonds. The maximum atomic E-state index is 13.1. The Morgan fingerprint density at radius 2 is 1.62 bits per heavy atom. The van der Waals surface area contributed by atoms with Gasteiger partial charge in [0, 0.05) is 44.5 Å². The van der Waals surface area contributed by atoms with Crippen LogP contribution in [0, 0.1) is 0 Å². The Kier molecular flexibility index (Phi) is 11.2. The molecule has 3 heterocycles. The molecule has 5 rings (SSSR count). The number of benzene rings is 2. The molecule has 1 aliphatic rings. The van der Waals surface area contributed by atoms with Gasteiger partial charge < -0.3 is 19.9 Å². The van der Waals surface area contributed by atoms with Crippen molar-refractivity contribution in [2.24, 2.45) is 0 Å². The van der Waals surface area contributed by atoms with Gasteiger partial charge in [0.1, 0.15) is 11.4 Å². The molecule has 236 valence electrons. The molecule has 4 aromatic rings. The van der Waals surface area contributed by atoms with Crippen LogP contribution in [0.5, 0.6) is 5.75 Å². The van der Waals surface area contributed by atoms with Crippen molar-refractivity contribution in [1.29, 1.82) is 0 Å². The van der Waals surface area contributed by atoms with Crippen molar-refractivity contribution in [3.8, 4) is 28.3 Å². The lowest BCUT2D eigenvalue weighted by Crippen LogP contribution is -2.48. The van der Waals surface area contributed by atoms with E-state index in [2.05, 4.69) is 56.6 Å². The third kappa shape index (κ3) is 8.50. The Labute approximate surface area is 266 Å². The highest BCUT2D eigenvalue weighted by atomic mass is 16.5. The number of pyridine rings is 1. The molecule has 0 atom stereocenters. The third-order valence-corrected chi connectivity index (χ3v) is 8.38. The molecule has 9 nitrogen and oxygen atoms in total. The van der Waals surface area contributed by atoms with E-state index in [-0.39, 0.29) is 11.8 Å². The Balaban J connectivity index is 1.17. The molecule has 0 aliphatic carbocycles. The fourth-order valence-corrected chi connectivity index (χ4v) is 5.76. The van der Waals surface area contributed by atoms with Crippen LogP contribution in [0.1, 0.15) is 68.8 Å². The second-order valence-corrected chi connectivity index (χ2v) is 11.5.